The Morgan fingerprint density at radius 2 is 1.92 bits per heavy atom. The normalized spacial score (nSPS) is 13.7. The Labute approximate surface area is 202 Å². The number of rotatable bonds is 6. The number of alkyl halides is 3. The molecule has 0 radical (unpaired) electrons. The Kier molecular flexibility index (Phi) is 5.86. The number of amides is 1. The van der Waals surface area contributed by atoms with Gasteiger partial charge in [-0.15, -0.1) is 0 Å². The van der Waals surface area contributed by atoms with E-state index in [9.17, 15) is 22.8 Å². The molecule has 12 heteroatoms. The van der Waals surface area contributed by atoms with Crippen molar-refractivity contribution in [2.75, 3.05) is 19.7 Å². The molecule has 1 aromatic carbocycles. The molecule has 0 bridgehead atoms. The van der Waals surface area contributed by atoms with Crippen molar-refractivity contribution < 1.29 is 27.2 Å². The summed E-state index contributed by atoms with van der Waals surface area (Å²) in [7, 11) is 0. The molecule has 0 unspecified atom stereocenters. The zero-order valence-corrected chi connectivity index (χ0v) is 19.0. The average molecular weight is 499 g/mol. The number of aryl methyl sites for hydroxylation is 1. The number of benzene rings is 1. The van der Waals surface area contributed by atoms with Crippen molar-refractivity contribution in [2.24, 2.45) is 0 Å². The molecule has 0 saturated heterocycles. The summed E-state index contributed by atoms with van der Waals surface area (Å²) < 4.78 is 52.4. The van der Waals surface area contributed by atoms with Gasteiger partial charge < -0.3 is 23.3 Å². The second kappa shape index (κ2) is 9.02. The van der Waals surface area contributed by atoms with E-state index in [0.717, 1.165) is 11.8 Å². The van der Waals surface area contributed by atoms with Gasteiger partial charge in [-0.05, 0) is 31.2 Å². The highest BCUT2D eigenvalue weighted by Gasteiger charge is 2.35. The molecule has 4 aromatic rings. The molecule has 0 saturated carbocycles. The SMILES string of the molecule is Cc1cn(-c2ccc3n(c2=O)CCN(CCOc2ccccc2-c2cc(C(F)(F)F)no2)C3=O)cn1. The lowest BCUT2D eigenvalue weighted by Gasteiger charge is -2.29. The maximum absolute atomic E-state index is 13.0. The van der Waals surface area contributed by atoms with E-state index in [1.165, 1.54) is 4.57 Å². The fourth-order valence-corrected chi connectivity index (χ4v) is 4.02. The zero-order chi connectivity index (χ0) is 25.4. The summed E-state index contributed by atoms with van der Waals surface area (Å²) in [6.45, 7) is 2.74. The fraction of sp³-hybridized carbons (Fsp3) is 0.250. The number of ether oxygens (including phenoxy) is 1. The molecule has 0 spiro atoms. The van der Waals surface area contributed by atoms with E-state index in [2.05, 4.69) is 10.1 Å². The first-order valence-corrected chi connectivity index (χ1v) is 11.0. The smallest absolute Gasteiger partial charge is 0.436 e. The molecule has 36 heavy (non-hydrogen) atoms. The molecule has 0 N–H and O–H groups in total. The first-order valence-electron chi connectivity index (χ1n) is 11.0. The van der Waals surface area contributed by atoms with Gasteiger partial charge in [-0.3, -0.25) is 9.59 Å². The van der Waals surface area contributed by atoms with Crippen LogP contribution in [0.2, 0.25) is 0 Å². The van der Waals surface area contributed by atoms with Gasteiger partial charge >= 0.3 is 6.18 Å². The van der Waals surface area contributed by atoms with E-state index < -0.39 is 11.9 Å². The van der Waals surface area contributed by atoms with Crippen LogP contribution in [0.4, 0.5) is 13.2 Å². The van der Waals surface area contributed by atoms with E-state index in [0.29, 0.717) is 30.1 Å². The van der Waals surface area contributed by atoms with Crippen LogP contribution in [-0.2, 0) is 12.7 Å². The van der Waals surface area contributed by atoms with Gasteiger partial charge in [0.2, 0.25) is 0 Å². The molecular weight excluding hydrogens is 479 g/mol. The molecule has 0 fully saturated rings. The minimum absolute atomic E-state index is 0.0795. The molecule has 0 aliphatic carbocycles. The number of hydrogen-bond acceptors (Lipinski definition) is 6. The van der Waals surface area contributed by atoms with Crippen LogP contribution in [0.15, 0.2) is 64.3 Å². The Balaban J connectivity index is 1.28. The molecule has 1 amide bonds. The predicted octanol–water partition coefficient (Wildman–Crippen LogP) is 3.55. The molecular formula is C24H20F3N5O4. The molecule has 4 heterocycles. The first-order chi connectivity index (χ1) is 17.2. The highest BCUT2D eigenvalue weighted by molar-refractivity contribution is 5.93. The Hall–Kier alpha value is -4.35. The van der Waals surface area contributed by atoms with Crippen LogP contribution in [0.1, 0.15) is 21.9 Å². The second-order valence-corrected chi connectivity index (χ2v) is 8.19. The number of carbonyl (C=O) groups excluding carboxylic acids is 1. The largest absolute Gasteiger partial charge is 0.491 e. The Morgan fingerprint density at radius 3 is 2.64 bits per heavy atom. The van der Waals surface area contributed by atoms with E-state index in [1.54, 1.807) is 58.4 Å². The average Bonchev–Trinajstić information content (AvgIpc) is 3.51. The molecule has 1 aliphatic rings. The van der Waals surface area contributed by atoms with Gasteiger partial charge in [0, 0.05) is 25.4 Å². The summed E-state index contributed by atoms with van der Waals surface area (Å²) in [5.74, 6) is -0.0958. The van der Waals surface area contributed by atoms with Gasteiger partial charge in [-0.2, -0.15) is 13.2 Å². The molecule has 0 atom stereocenters. The van der Waals surface area contributed by atoms with Gasteiger partial charge in [0.15, 0.2) is 11.5 Å². The van der Waals surface area contributed by atoms with Crippen molar-refractivity contribution >= 4 is 5.91 Å². The van der Waals surface area contributed by atoms with Crippen LogP contribution in [0.5, 0.6) is 5.75 Å². The summed E-state index contributed by atoms with van der Waals surface area (Å²) in [4.78, 5) is 31.7. The van der Waals surface area contributed by atoms with Gasteiger partial charge in [-0.25, -0.2) is 4.98 Å². The Morgan fingerprint density at radius 1 is 1.11 bits per heavy atom. The highest BCUT2D eigenvalue weighted by Crippen LogP contribution is 2.35. The van der Waals surface area contributed by atoms with Crippen molar-refractivity contribution in [1.82, 2.24) is 24.2 Å². The molecule has 1 aliphatic heterocycles. The fourth-order valence-electron chi connectivity index (χ4n) is 4.02. The minimum Gasteiger partial charge on any atom is -0.491 e. The summed E-state index contributed by atoms with van der Waals surface area (Å²) in [6, 6.07) is 10.5. The second-order valence-electron chi connectivity index (χ2n) is 8.19. The van der Waals surface area contributed by atoms with Crippen LogP contribution < -0.4 is 10.3 Å². The lowest BCUT2D eigenvalue weighted by Crippen LogP contribution is -2.46. The molecule has 5 rings (SSSR count). The van der Waals surface area contributed by atoms with Crippen molar-refractivity contribution in [2.45, 2.75) is 19.6 Å². The number of pyridine rings is 1. The van der Waals surface area contributed by atoms with E-state index in [1.807, 2.05) is 6.92 Å². The van der Waals surface area contributed by atoms with Gasteiger partial charge in [0.05, 0.1) is 24.1 Å². The standard InChI is InChI=1S/C24H20F3N5O4/c1-15-13-31(14-28-15)17-6-7-18-22(33)30(8-9-32(18)23(17)34)10-11-35-19-5-3-2-4-16(19)20-12-21(29-36-20)24(25,26)27/h2-7,12-14H,8-11H2,1H3. The van der Waals surface area contributed by atoms with Crippen molar-refractivity contribution in [3.63, 3.8) is 0 Å². The number of fused-ring (bicyclic) bond motifs is 1. The number of carbonyl (C=O) groups is 1. The van der Waals surface area contributed by atoms with Gasteiger partial charge in [0.1, 0.15) is 23.7 Å². The summed E-state index contributed by atoms with van der Waals surface area (Å²) >= 11 is 0. The Bertz CT molecular complexity index is 1490. The van der Waals surface area contributed by atoms with Crippen LogP contribution in [0.25, 0.3) is 17.0 Å². The third-order valence-corrected chi connectivity index (χ3v) is 5.82. The van der Waals surface area contributed by atoms with E-state index in [-0.39, 0.29) is 36.1 Å². The number of nitrogens with zero attached hydrogens (tertiary/aromatic N) is 5. The van der Waals surface area contributed by atoms with Crippen LogP contribution in [0, 0.1) is 6.92 Å². The van der Waals surface area contributed by atoms with Crippen LogP contribution >= 0.6 is 0 Å². The number of halogens is 3. The quantitative estimate of drug-likeness (QED) is 0.403. The van der Waals surface area contributed by atoms with Gasteiger partial charge in [0.25, 0.3) is 11.5 Å². The van der Waals surface area contributed by atoms with Gasteiger partial charge in [-0.1, -0.05) is 17.3 Å². The van der Waals surface area contributed by atoms with Crippen molar-refractivity contribution in [3.05, 3.63) is 82.4 Å². The van der Waals surface area contributed by atoms with Crippen LogP contribution in [-0.4, -0.2) is 49.8 Å². The summed E-state index contributed by atoms with van der Waals surface area (Å²) in [5, 5.41) is 3.08. The third kappa shape index (κ3) is 4.37. The monoisotopic (exact) mass is 499 g/mol. The molecule has 3 aromatic heterocycles. The maximum atomic E-state index is 13.0. The number of aromatic nitrogens is 4. The first kappa shape index (κ1) is 23.4. The number of para-hydroxylation sites is 1. The van der Waals surface area contributed by atoms with E-state index >= 15 is 0 Å². The predicted molar refractivity (Wildman–Crippen MR) is 121 cm³/mol. The summed E-state index contributed by atoms with van der Waals surface area (Å²) in [5.41, 5.74) is 0.338. The maximum Gasteiger partial charge on any atom is 0.436 e. The third-order valence-electron chi connectivity index (χ3n) is 5.82. The lowest BCUT2D eigenvalue weighted by atomic mass is 10.1. The minimum atomic E-state index is -4.62. The molecule has 186 valence electrons. The van der Waals surface area contributed by atoms with Crippen molar-refractivity contribution in [1.29, 1.82) is 0 Å². The number of imidazole rings is 1. The number of hydrogen-bond donors (Lipinski definition) is 0. The topological polar surface area (TPSA) is 95.4 Å². The zero-order valence-electron chi connectivity index (χ0n) is 19.0. The van der Waals surface area contributed by atoms with Crippen molar-refractivity contribution in [3.8, 4) is 22.8 Å². The van der Waals surface area contributed by atoms with E-state index in [4.69, 9.17) is 9.26 Å². The highest BCUT2D eigenvalue weighted by atomic mass is 19.4. The van der Waals surface area contributed by atoms with Crippen LogP contribution in [0.3, 0.4) is 0 Å². The molecule has 9 nitrogen and oxygen atoms in total. The lowest BCUT2D eigenvalue weighted by molar-refractivity contribution is -0.142. The summed E-state index contributed by atoms with van der Waals surface area (Å²) in [6.07, 6.45) is -1.34.